The number of rotatable bonds is 2. The molecule has 2 bridgehead atoms. The van der Waals surface area contributed by atoms with E-state index in [4.69, 9.17) is 4.98 Å². The SMILES string of the molecule is O=C(O)c1cc2c(nc1N1CC3CCC1C3)CCC2. The zero-order valence-corrected chi connectivity index (χ0v) is 10.9. The van der Waals surface area contributed by atoms with Crippen LogP contribution in [0.25, 0.3) is 0 Å². The van der Waals surface area contributed by atoms with Crippen molar-refractivity contribution in [3.63, 3.8) is 0 Å². The van der Waals surface area contributed by atoms with Crippen molar-refractivity contribution in [1.82, 2.24) is 4.98 Å². The monoisotopic (exact) mass is 258 g/mol. The molecule has 1 N–H and O–H groups in total. The zero-order valence-electron chi connectivity index (χ0n) is 10.9. The maximum absolute atomic E-state index is 11.5. The van der Waals surface area contributed by atoms with E-state index in [1.54, 1.807) is 0 Å². The molecule has 3 aliphatic rings. The summed E-state index contributed by atoms with van der Waals surface area (Å²) in [5.41, 5.74) is 2.68. The molecule has 1 saturated heterocycles. The lowest BCUT2D eigenvalue weighted by molar-refractivity contribution is 0.0697. The van der Waals surface area contributed by atoms with Crippen LogP contribution in [0, 0.1) is 5.92 Å². The van der Waals surface area contributed by atoms with Crippen molar-refractivity contribution in [2.24, 2.45) is 5.92 Å². The van der Waals surface area contributed by atoms with Crippen molar-refractivity contribution < 1.29 is 9.90 Å². The number of aromatic nitrogens is 1. The van der Waals surface area contributed by atoms with Gasteiger partial charge in [-0.25, -0.2) is 9.78 Å². The van der Waals surface area contributed by atoms with Crippen LogP contribution < -0.4 is 4.90 Å². The standard InChI is InChI=1S/C15H18N2O2/c18-15(19)12-7-10-2-1-3-13(10)16-14(12)17-8-9-4-5-11(17)6-9/h7,9,11H,1-6,8H2,(H,18,19). The Morgan fingerprint density at radius 3 is 2.95 bits per heavy atom. The minimum atomic E-state index is -0.833. The molecule has 4 heteroatoms. The molecule has 0 amide bonds. The smallest absolute Gasteiger partial charge is 0.339 e. The maximum Gasteiger partial charge on any atom is 0.339 e. The molecular weight excluding hydrogens is 240 g/mol. The van der Waals surface area contributed by atoms with Crippen LogP contribution in [-0.2, 0) is 12.8 Å². The fourth-order valence-electron chi connectivity index (χ4n) is 4.02. The Bertz CT molecular complexity index is 555. The fourth-order valence-corrected chi connectivity index (χ4v) is 4.02. The minimum absolute atomic E-state index is 0.410. The number of aromatic carboxylic acids is 1. The van der Waals surface area contributed by atoms with E-state index >= 15 is 0 Å². The van der Waals surface area contributed by atoms with Crippen molar-refractivity contribution in [3.8, 4) is 0 Å². The summed E-state index contributed by atoms with van der Waals surface area (Å²) < 4.78 is 0. The summed E-state index contributed by atoms with van der Waals surface area (Å²) in [5.74, 6) is 0.655. The van der Waals surface area contributed by atoms with E-state index in [2.05, 4.69) is 4.90 Å². The largest absolute Gasteiger partial charge is 0.478 e. The molecule has 4 rings (SSSR count). The zero-order chi connectivity index (χ0) is 13.0. The molecular formula is C15H18N2O2. The topological polar surface area (TPSA) is 53.4 Å². The molecule has 1 aliphatic heterocycles. The van der Waals surface area contributed by atoms with Crippen molar-refractivity contribution in [2.45, 2.75) is 44.6 Å². The molecule has 2 atom stereocenters. The van der Waals surface area contributed by atoms with Gasteiger partial charge in [0, 0.05) is 18.3 Å². The van der Waals surface area contributed by atoms with Gasteiger partial charge in [-0.2, -0.15) is 0 Å². The highest BCUT2D eigenvalue weighted by atomic mass is 16.4. The van der Waals surface area contributed by atoms with Crippen LogP contribution in [0.5, 0.6) is 0 Å². The molecule has 0 radical (unpaired) electrons. The molecule has 4 nitrogen and oxygen atoms in total. The van der Waals surface area contributed by atoms with Gasteiger partial charge in [-0.05, 0) is 56.1 Å². The van der Waals surface area contributed by atoms with Crippen molar-refractivity contribution in [2.75, 3.05) is 11.4 Å². The average Bonchev–Trinajstić information content (AvgIpc) is 3.12. The van der Waals surface area contributed by atoms with Crippen LogP contribution in [-0.4, -0.2) is 28.6 Å². The second kappa shape index (κ2) is 3.95. The van der Waals surface area contributed by atoms with Gasteiger partial charge in [-0.1, -0.05) is 0 Å². The number of carboxylic acids is 1. The first kappa shape index (κ1) is 11.3. The molecule has 1 aromatic rings. The number of carbonyl (C=O) groups is 1. The third-order valence-corrected chi connectivity index (χ3v) is 4.94. The van der Waals surface area contributed by atoms with Gasteiger partial charge >= 0.3 is 5.97 Å². The molecule has 1 aromatic heterocycles. The minimum Gasteiger partial charge on any atom is -0.478 e. The summed E-state index contributed by atoms with van der Waals surface area (Å²) in [7, 11) is 0. The third kappa shape index (κ3) is 1.66. The molecule has 0 aromatic carbocycles. The molecule has 19 heavy (non-hydrogen) atoms. The fraction of sp³-hybridized carbons (Fsp3) is 0.600. The Hall–Kier alpha value is -1.58. The van der Waals surface area contributed by atoms with Gasteiger partial charge in [0.25, 0.3) is 0 Å². The molecule has 2 fully saturated rings. The molecule has 100 valence electrons. The lowest BCUT2D eigenvalue weighted by Crippen LogP contribution is -2.34. The number of hydrogen-bond donors (Lipinski definition) is 1. The van der Waals surface area contributed by atoms with Crippen LogP contribution >= 0.6 is 0 Å². The summed E-state index contributed by atoms with van der Waals surface area (Å²) in [6.45, 7) is 0.997. The molecule has 2 aliphatic carbocycles. The highest BCUT2D eigenvalue weighted by Gasteiger charge is 2.40. The second-order valence-corrected chi connectivity index (χ2v) is 6.11. The molecule has 2 heterocycles. The number of pyridine rings is 1. The van der Waals surface area contributed by atoms with Crippen molar-refractivity contribution in [3.05, 3.63) is 22.9 Å². The number of fused-ring (bicyclic) bond motifs is 3. The molecule has 1 saturated carbocycles. The molecule has 2 unspecified atom stereocenters. The van der Waals surface area contributed by atoms with Gasteiger partial charge in [0.1, 0.15) is 11.4 Å². The lowest BCUT2D eigenvalue weighted by Gasteiger charge is -2.29. The van der Waals surface area contributed by atoms with E-state index in [-0.39, 0.29) is 0 Å². The number of hydrogen-bond acceptors (Lipinski definition) is 3. The number of carboxylic acid groups (broad SMARTS) is 1. The normalized spacial score (nSPS) is 27.9. The van der Waals surface area contributed by atoms with Gasteiger partial charge in [0.05, 0.1) is 0 Å². The number of nitrogens with zero attached hydrogens (tertiary/aromatic N) is 2. The van der Waals surface area contributed by atoms with Gasteiger partial charge in [-0.3, -0.25) is 0 Å². The van der Waals surface area contributed by atoms with Gasteiger partial charge in [0.15, 0.2) is 0 Å². The van der Waals surface area contributed by atoms with Crippen LogP contribution in [0.3, 0.4) is 0 Å². The van der Waals surface area contributed by atoms with Crippen LogP contribution in [0.2, 0.25) is 0 Å². The summed E-state index contributed by atoms with van der Waals surface area (Å²) in [6.07, 6.45) is 6.81. The maximum atomic E-state index is 11.5. The van der Waals surface area contributed by atoms with E-state index in [1.165, 1.54) is 19.3 Å². The predicted molar refractivity (Wildman–Crippen MR) is 71.7 cm³/mol. The van der Waals surface area contributed by atoms with Crippen LogP contribution in [0.15, 0.2) is 6.07 Å². The molecule has 0 spiro atoms. The van der Waals surface area contributed by atoms with Crippen LogP contribution in [0.4, 0.5) is 5.82 Å². The highest BCUT2D eigenvalue weighted by molar-refractivity contribution is 5.94. The van der Waals surface area contributed by atoms with E-state index in [0.717, 1.165) is 48.8 Å². The first-order chi connectivity index (χ1) is 9.22. The Balaban J connectivity index is 1.80. The Morgan fingerprint density at radius 2 is 2.26 bits per heavy atom. The van der Waals surface area contributed by atoms with Gasteiger partial charge < -0.3 is 10.0 Å². The van der Waals surface area contributed by atoms with E-state index in [0.29, 0.717) is 11.6 Å². The average molecular weight is 258 g/mol. The van der Waals surface area contributed by atoms with Crippen molar-refractivity contribution in [1.29, 1.82) is 0 Å². The van der Waals surface area contributed by atoms with Gasteiger partial charge in [0.2, 0.25) is 0 Å². The van der Waals surface area contributed by atoms with E-state index in [1.807, 2.05) is 6.07 Å². The van der Waals surface area contributed by atoms with Gasteiger partial charge in [-0.15, -0.1) is 0 Å². The summed E-state index contributed by atoms with van der Waals surface area (Å²) in [5, 5.41) is 9.46. The van der Waals surface area contributed by atoms with Crippen molar-refractivity contribution >= 4 is 11.8 Å². The van der Waals surface area contributed by atoms with E-state index in [9.17, 15) is 9.90 Å². The summed E-state index contributed by atoms with van der Waals surface area (Å²) in [4.78, 5) is 18.5. The lowest BCUT2D eigenvalue weighted by atomic mass is 10.1. The highest BCUT2D eigenvalue weighted by Crippen LogP contribution is 2.41. The van der Waals surface area contributed by atoms with Crippen LogP contribution in [0.1, 0.15) is 47.3 Å². The second-order valence-electron chi connectivity index (χ2n) is 6.11. The summed E-state index contributed by atoms with van der Waals surface area (Å²) in [6, 6.07) is 2.40. The number of anilines is 1. The quantitative estimate of drug-likeness (QED) is 0.884. The first-order valence-electron chi connectivity index (χ1n) is 7.25. The summed E-state index contributed by atoms with van der Waals surface area (Å²) >= 11 is 0. The number of piperidine rings is 1. The third-order valence-electron chi connectivity index (χ3n) is 4.94. The predicted octanol–water partition coefficient (Wildman–Crippen LogP) is 2.26. The Morgan fingerprint density at radius 1 is 1.37 bits per heavy atom. The Labute approximate surface area is 112 Å². The first-order valence-corrected chi connectivity index (χ1v) is 7.25. The Kier molecular flexibility index (Phi) is 2.34. The van der Waals surface area contributed by atoms with E-state index < -0.39 is 5.97 Å². The number of aryl methyl sites for hydroxylation is 2.